The molecule has 2 rings (SSSR count). The molecule has 0 radical (unpaired) electrons. The van der Waals surface area contributed by atoms with Gasteiger partial charge in [-0.1, -0.05) is 18.2 Å². The maximum Gasteiger partial charge on any atom is 0.407 e. The van der Waals surface area contributed by atoms with E-state index in [2.05, 4.69) is 32.2 Å². The van der Waals surface area contributed by atoms with Gasteiger partial charge >= 0.3 is 6.09 Å². The molecule has 0 aliphatic rings. The van der Waals surface area contributed by atoms with Gasteiger partial charge in [-0.2, -0.15) is 5.10 Å². The second-order valence-electron chi connectivity index (χ2n) is 8.24. The van der Waals surface area contributed by atoms with E-state index in [1.165, 1.54) is 5.56 Å². The number of nitrogens with zero attached hydrogens (tertiary/aromatic N) is 3. The third-order valence-corrected chi connectivity index (χ3v) is 4.33. The van der Waals surface area contributed by atoms with Crippen molar-refractivity contribution in [1.82, 2.24) is 25.7 Å². The number of nitrogens with one attached hydrogen (secondary N) is 3. The summed E-state index contributed by atoms with van der Waals surface area (Å²) in [4.78, 5) is 16.3. The third kappa shape index (κ3) is 9.11. The molecule has 0 saturated heterocycles. The summed E-state index contributed by atoms with van der Waals surface area (Å²) in [5.74, 6) is 0.741. The van der Waals surface area contributed by atoms with Crippen molar-refractivity contribution in [1.29, 1.82) is 0 Å². The van der Waals surface area contributed by atoms with Gasteiger partial charge in [0.05, 0.1) is 11.4 Å². The Morgan fingerprint density at radius 3 is 2.52 bits per heavy atom. The number of carbonyl (C=O) groups is 1. The largest absolute Gasteiger partial charge is 0.444 e. The standard InChI is InChI=1S/C23H36N6O2/c1-6-24-21(26-15-16-27-22(30)31-23(3,4)5)25-14-10-11-19-17-29(28-18(19)2)20-12-8-7-9-13-20/h7-9,12-13,17H,6,10-11,14-16H2,1-5H3,(H,27,30)(H2,24,25,26). The number of aromatic nitrogens is 2. The lowest BCUT2D eigenvalue weighted by atomic mass is 10.1. The van der Waals surface area contributed by atoms with Crippen LogP contribution in [0.5, 0.6) is 0 Å². The van der Waals surface area contributed by atoms with Gasteiger partial charge in [0.15, 0.2) is 5.96 Å². The molecule has 3 N–H and O–H groups in total. The number of hydrogen-bond donors (Lipinski definition) is 3. The number of amides is 1. The molecule has 31 heavy (non-hydrogen) atoms. The highest BCUT2D eigenvalue weighted by Gasteiger charge is 2.15. The van der Waals surface area contributed by atoms with Crippen LogP contribution in [0.25, 0.3) is 5.69 Å². The lowest BCUT2D eigenvalue weighted by molar-refractivity contribution is 0.0529. The monoisotopic (exact) mass is 428 g/mol. The Morgan fingerprint density at radius 2 is 1.84 bits per heavy atom. The lowest BCUT2D eigenvalue weighted by Crippen LogP contribution is -2.42. The fourth-order valence-electron chi connectivity index (χ4n) is 2.92. The van der Waals surface area contributed by atoms with E-state index in [1.54, 1.807) is 0 Å². The third-order valence-electron chi connectivity index (χ3n) is 4.33. The molecule has 8 heteroatoms. The van der Waals surface area contributed by atoms with Crippen molar-refractivity contribution >= 4 is 12.1 Å². The highest BCUT2D eigenvalue weighted by atomic mass is 16.6. The van der Waals surface area contributed by atoms with Crippen LogP contribution in [0, 0.1) is 6.92 Å². The van der Waals surface area contributed by atoms with Gasteiger partial charge in [-0.05, 0) is 65.2 Å². The first-order valence-electron chi connectivity index (χ1n) is 10.9. The smallest absolute Gasteiger partial charge is 0.407 e. The van der Waals surface area contributed by atoms with Crippen molar-refractivity contribution in [2.24, 2.45) is 4.99 Å². The van der Waals surface area contributed by atoms with Gasteiger partial charge in [0, 0.05) is 32.4 Å². The Kier molecular flexibility index (Phi) is 9.37. The second kappa shape index (κ2) is 12.0. The molecule has 2 aromatic rings. The first-order valence-corrected chi connectivity index (χ1v) is 10.9. The molecule has 1 amide bonds. The predicted molar refractivity (Wildman–Crippen MR) is 125 cm³/mol. The number of hydrogen-bond acceptors (Lipinski definition) is 4. The molecule has 0 aliphatic carbocycles. The van der Waals surface area contributed by atoms with Gasteiger partial charge in [0.25, 0.3) is 0 Å². The quantitative estimate of drug-likeness (QED) is 0.324. The first-order chi connectivity index (χ1) is 14.8. The van der Waals surface area contributed by atoms with E-state index < -0.39 is 11.7 Å². The minimum Gasteiger partial charge on any atom is -0.444 e. The molecule has 1 aromatic carbocycles. The predicted octanol–water partition coefficient (Wildman–Crippen LogP) is 3.19. The SMILES string of the molecule is CCNC(=NCCCc1cn(-c2ccccc2)nc1C)NCCNC(=O)OC(C)(C)C. The molecule has 8 nitrogen and oxygen atoms in total. The van der Waals surface area contributed by atoms with Gasteiger partial charge < -0.3 is 20.7 Å². The van der Waals surface area contributed by atoms with E-state index in [9.17, 15) is 4.79 Å². The average molecular weight is 429 g/mol. The molecule has 1 aromatic heterocycles. The molecule has 0 aliphatic heterocycles. The molecular weight excluding hydrogens is 392 g/mol. The lowest BCUT2D eigenvalue weighted by Gasteiger charge is -2.19. The van der Waals surface area contributed by atoms with Crippen molar-refractivity contribution in [2.45, 2.75) is 53.1 Å². The number of rotatable bonds is 9. The van der Waals surface area contributed by atoms with E-state index >= 15 is 0 Å². The summed E-state index contributed by atoms with van der Waals surface area (Å²) in [7, 11) is 0. The summed E-state index contributed by atoms with van der Waals surface area (Å²) < 4.78 is 7.15. The summed E-state index contributed by atoms with van der Waals surface area (Å²) in [6.45, 7) is 12.1. The molecule has 170 valence electrons. The molecule has 0 unspecified atom stereocenters. The fourth-order valence-corrected chi connectivity index (χ4v) is 2.92. The highest BCUT2D eigenvalue weighted by molar-refractivity contribution is 5.79. The average Bonchev–Trinajstić information content (AvgIpc) is 3.08. The van der Waals surface area contributed by atoms with Gasteiger partial charge in [0.2, 0.25) is 0 Å². The van der Waals surface area contributed by atoms with Crippen molar-refractivity contribution in [3.8, 4) is 5.69 Å². The Balaban J connectivity index is 1.76. The number of guanidine groups is 1. The summed E-state index contributed by atoms with van der Waals surface area (Å²) in [6.07, 6.45) is 3.53. The van der Waals surface area contributed by atoms with Crippen LogP contribution in [-0.2, 0) is 11.2 Å². The van der Waals surface area contributed by atoms with Crippen molar-refractivity contribution < 1.29 is 9.53 Å². The minimum absolute atomic E-state index is 0.414. The number of alkyl carbamates (subject to hydrolysis) is 1. The highest BCUT2D eigenvalue weighted by Crippen LogP contribution is 2.13. The van der Waals surface area contributed by atoms with E-state index in [0.717, 1.165) is 36.7 Å². The van der Waals surface area contributed by atoms with Crippen LogP contribution in [0.2, 0.25) is 0 Å². The van der Waals surface area contributed by atoms with E-state index in [-0.39, 0.29) is 0 Å². The summed E-state index contributed by atoms with van der Waals surface area (Å²) >= 11 is 0. The van der Waals surface area contributed by atoms with Crippen LogP contribution >= 0.6 is 0 Å². The van der Waals surface area contributed by atoms with Gasteiger partial charge in [-0.15, -0.1) is 0 Å². The number of aryl methyl sites for hydroxylation is 2. The van der Waals surface area contributed by atoms with Crippen LogP contribution in [0.15, 0.2) is 41.5 Å². The number of aliphatic imine (C=N–C) groups is 1. The van der Waals surface area contributed by atoms with E-state index in [4.69, 9.17) is 4.74 Å². The van der Waals surface area contributed by atoms with Gasteiger partial charge in [-0.3, -0.25) is 4.99 Å². The second-order valence-corrected chi connectivity index (χ2v) is 8.24. The Morgan fingerprint density at radius 1 is 1.13 bits per heavy atom. The van der Waals surface area contributed by atoms with Crippen LogP contribution in [0.4, 0.5) is 4.79 Å². The Labute approximate surface area is 185 Å². The molecule has 1 heterocycles. The van der Waals surface area contributed by atoms with Crippen molar-refractivity contribution in [3.63, 3.8) is 0 Å². The zero-order valence-corrected chi connectivity index (χ0v) is 19.4. The molecule has 0 fully saturated rings. The van der Waals surface area contributed by atoms with Crippen LogP contribution in [0.1, 0.15) is 45.4 Å². The molecule has 0 saturated carbocycles. The number of para-hydroxylation sites is 1. The Hall–Kier alpha value is -3.03. The molecular formula is C23H36N6O2. The van der Waals surface area contributed by atoms with Crippen LogP contribution < -0.4 is 16.0 Å². The Bertz CT molecular complexity index is 839. The topological polar surface area (TPSA) is 92.6 Å². The number of benzene rings is 1. The van der Waals surface area contributed by atoms with E-state index in [1.807, 2.05) is 69.6 Å². The van der Waals surface area contributed by atoms with Crippen LogP contribution in [-0.4, -0.2) is 53.6 Å². The number of carbonyl (C=O) groups excluding carboxylic acids is 1. The zero-order valence-electron chi connectivity index (χ0n) is 19.4. The summed E-state index contributed by atoms with van der Waals surface area (Å²) in [5.41, 5.74) is 2.85. The maximum absolute atomic E-state index is 11.7. The van der Waals surface area contributed by atoms with E-state index in [0.29, 0.717) is 19.6 Å². The van der Waals surface area contributed by atoms with Gasteiger partial charge in [-0.25, -0.2) is 9.48 Å². The maximum atomic E-state index is 11.7. The molecule has 0 bridgehead atoms. The van der Waals surface area contributed by atoms with Crippen molar-refractivity contribution in [3.05, 3.63) is 47.8 Å². The van der Waals surface area contributed by atoms with Crippen molar-refractivity contribution in [2.75, 3.05) is 26.2 Å². The fraction of sp³-hybridized carbons (Fsp3) is 0.522. The minimum atomic E-state index is -0.496. The zero-order chi connectivity index (χ0) is 22.7. The molecule has 0 spiro atoms. The summed E-state index contributed by atoms with van der Waals surface area (Å²) in [5, 5.41) is 13.8. The summed E-state index contributed by atoms with van der Waals surface area (Å²) in [6, 6.07) is 10.1. The molecule has 0 atom stereocenters. The normalized spacial score (nSPS) is 11.8. The van der Waals surface area contributed by atoms with Crippen LogP contribution in [0.3, 0.4) is 0 Å². The van der Waals surface area contributed by atoms with Gasteiger partial charge in [0.1, 0.15) is 5.60 Å². The number of ether oxygens (including phenoxy) is 1. The first kappa shape index (κ1) is 24.2.